The third kappa shape index (κ3) is 51.2. The molecule has 0 aromatic heterocycles. The van der Waals surface area contributed by atoms with Crippen LogP contribution in [-0.2, 0) is 14.4 Å². The Morgan fingerprint density at radius 1 is 0.591 bits per heavy atom. The molecule has 3 N–H and O–H groups in total. The van der Waals surface area contributed by atoms with Crippen LogP contribution < -0.4 is 0 Å². The molecule has 0 saturated heterocycles. The van der Waals surface area contributed by atoms with Crippen molar-refractivity contribution in [3.8, 4) is 0 Å². The third-order valence-corrected chi connectivity index (χ3v) is 1.75. The molecule has 22 heavy (non-hydrogen) atoms. The number of aliphatic carboxylic acids is 3. The number of carbonyl (C=O) groups is 3. The van der Waals surface area contributed by atoms with E-state index in [0.29, 0.717) is 0 Å². The minimum absolute atomic E-state index is 0. The zero-order chi connectivity index (χ0) is 17.6. The van der Waals surface area contributed by atoms with Crippen molar-refractivity contribution >= 4 is 30.3 Å². The fourth-order valence-corrected chi connectivity index (χ4v) is 1.05. The van der Waals surface area contributed by atoms with Crippen LogP contribution in [0.25, 0.3) is 0 Å². The van der Waals surface area contributed by atoms with E-state index >= 15 is 0 Å². The molecule has 0 unspecified atom stereocenters. The van der Waals surface area contributed by atoms with Crippen LogP contribution in [0.4, 0.5) is 0 Å². The van der Waals surface area contributed by atoms with E-state index in [1.807, 2.05) is 41.5 Å². The van der Waals surface area contributed by atoms with Gasteiger partial charge in [-0.2, -0.15) is 0 Å². The summed E-state index contributed by atoms with van der Waals surface area (Å²) in [7, 11) is 0. The second-order valence-electron chi connectivity index (χ2n) is 5.98. The van der Waals surface area contributed by atoms with Gasteiger partial charge in [0.2, 0.25) is 0 Å². The van der Waals surface area contributed by atoms with E-state index in [1.165, 1.54) is 0 Å². The molecule has 0 heterocycles. The highest BCUT2D eigenvalue weighted by Crippen LogP contribution is 1.97. The summed E-state index contributed by atoms with van der Waals surface area (Å²) in [5.74, 6) is -1.31. The first kappa shape index (κ1) is 28.8. The molecule has 0 atom stereocenters. The number of hydrogen-bond donors (Lipinski definition) is 3. The molecule has 0 aliphatic heterocycles. The fraction of sp³-hybridized carbons (Fsp3) is 0.800. The van der Waals surface area contributed by atoms with Gasteiger partial charge >= 0.3 is 17.9 Å². The first-order valence-corrected chi connectivity index (χ1v) is 7.03. The molecule has 0 saturated carbocycles. The maximum Gasteiger partial charge on any atom is 0.303 e. The SMILES string of the molecule is CC(C)CC(=O)O.CC(C)CC(=O)O.CC(C)CC(=O)O.Cl. The van der Waals surface area contributed by atoms with Crippen molar-refractivity contribution in [1.82, 2.24) is 0 Å². The summed E-state index contributed by atoms with van der Waals surface area (Å²) in [5.41, 5.74) is 0. The van der Waals surface area contributed by atoms with Gasteiger partial charge in [-0.25, -0.2) is 0 Å². The summed E-state index contributed by atoms with van der Waals surface area (Å²) in [4.78, 5) is 29.4. The summed E-state index contributed by atoms with van der Waals surface area (Å²) in [6, 6.07) is 0. The van der Waals surface area contributed by atoms with Crippen molar-refractivity contribution in [2.24, 2.45) is 17.8 Å². The molecular formula is C15H31ClO6. The van der Waals surface area contributed by atoms with Gasteiger partial charge < -0.3 is 15.3 Å². The Bertz CT molecular complexity index is 253. The van der Waals surface area contributed by atoms with Crippen molar-refractivity contribution in [2.75, 3.05) is 0 Å². The van der Waals surface area contributed by atoms with Crippen molar-refractivity contribution in [1.29, 1.82) is 0 Å². The molecule has 0 amide bonds. The largest absolute Gasteiger partial charge is 0.481 e. The predicted molar refractivity (Wildman–Crippen MR) is 88.5 cm³/mol. The van der Waals surface area contributed by atoms with Crippen LogP contribution in [0.15, 0.2) is 0 Å². The van der Waals surface area contributed by atoms with Crippen LogP contribution in [0.2, 0.25) is 0 Å². The lowest BCUT2D eigenvalue weighted by molar-refractivity contribution is -0.138. The summed E-state index contributed by atoms with van der Waals surface area (Å²) >= 11 is 0. The first-order valence-electron chi connectivity index (χ1n) is 7.03. The summed E-state index contributed by atoms with van der Waals surface area (Å²) in [6.45, 7) is 11.3. The van der Waals surface area contributed by atoms with Crippen LogP contribution in [0, 0.1) is 17.8 Å². The van der Waals surface area contributed by atoms with Gasteiger partial charge in [0.15, 0.2) is 0 Å². The van der Waals surface area contributed by atoms with Crippen molar-refractivity contribution in [2.45, 2.75) is 60.8 Å². The van der Waals surface area contributed by atoms with Gasteiger partial charge in [-0.05, 0) is 17.8 Å². The van der Waals surface area contributed by atoms with E-state index in [4.69, 9.17) is 15.3 Å². The minimum Gasteiger partial charge on any atom is -0.481 e. The van der Waals surface area contributed by atoms with Crippen molar-refractivity contribution in [3.05, 3.63) is 0 Å². The molecule has 134 valence electrons. The Morgan fingerprint density at radius 3 is 0.727 bits per heavy atom. The molecule has 0 aromatic carbocycles. The lowest BCUT2D eigenvalue weighted by Gasteiger charge is -1.94. The zero-order valence-electron chi connectivity index (χ0n) is 14.3. The van der Waals surface area contributed by atoms with Gasteiger partial charge in [0.25, 0.3) is 0 Å². The molecule has 0 spiro atoms. The Kier molecular flexibility index (Phi) is 23.2. The molecule has 0 rings (SSSR count). The van der Waals surface area contributed by atoms with Crippen LogP contribution >= 0.6 is 12.4 Å². The molecule has 0 fully saturated rings. The zero-order valence-corrected chi connectivity index (χ0v) is 15.1. The van der Waals surface area contributed by atoms with E-state index in [1.54, 1.807) is 0 Å². The molecule has 6 nitrogen and oxygen atoms in total. The Labute approximate surface area is 139 Å². The predicted octanol–water partition coefficient (Wildman–Crippen LogP) is 3.77. The number of rotatable bonds is 6. The quantitative estimate of drug-likeness (QED) is 0.677. The van der Waals surface area contributed by atoms with E-state index in [9.17, 15) is 14.4 Å². The maximum atomic E-state index is 9.81. The van der Waals surface area contributed by atoms with Gasteiger partial charge in [-0.3, -0.25) is 14.4 Å². The minimum atomic E-state index is -0.713. The van der Waals surface area contributed by atoms with Crippen LogP contribution in [0.5, 0.6) is 0 Å². The number of hydrogen-bond acceptors (Lipinski definition) is 3. The topological polar surface area (TPSA) is 112 Å². The van der Waals surface area contributed by atoms with Gasteiger partial charge in [0.05, 0.1) is 0 Å². The van der Waals surface area contributed by atoms with E-state index < -0.39 is 17.9 Å². The van der Waals surface area contributed by atoms with E-state index in [-0.39, 0.29) is 49.4 Å². The fourth-order valence-electron chi connectivity index (χ4n) is 1.05. The molecule has 0 radical (unpaired) electrons. The maximum absolute atomic E-state index is 9.81. The van der Waals surface area contributed by atoms with E-state index in [0.717, 1.165) is 0 Å². The summed E-state index contributed by atoms with van der Waals surface area (Å²) < 4.78 is 0. The average Bonchev–Trinajstić information content (AvgIpc) is 2.10. The lowest BCUT2D eigenvalue weighted by Crippen LogP contribution is -1.99. The Hall–Kier alpha value is -1.30. The van der Waals surface area contributed by atoms with Crippen molar-refractivity contribution in [3.63, 3.8) is 0 Å². The third-order valence-electron chi connectivity index (χ3n) is 1.75. The molecule has 7 heteroatoms. The molecular weight excluding hydrogens is 312 g/mol. The van der Waals surface area contributed by atoms with Crippen molar-refractivity contribution < 1.29 is 29.7 Å². The highest BCUT2D eigenvalue weighted by Gasteiger charge is 1.99. The summed E-state index contributed by atoms with van der Waals surface area (Å²) in [5, 5.41) is 24.3. The second kappa shape index (κ2) is 17.8. The van der Waals surface area contributed by atoms with Crippen LogP contribution in [-0.4, -0.2) is 33.2 Å². The van der Waals surface area contributed by atoms with E-state index in [2.05, 4.69) is 0 Å². The van der Waals surface area contributed by atoms with Gasteiger partial charge in [0.1, 0.15) is 0 Å². The molecule has 0 aromatic rings. The average molecular weight is 343 g/mol. The number of halogens is 1. The highest BCUT2D eigenvalue weighted by molar-refractivity contribution is 5.85. The Balaban J connectivity index is -0.000000108. The standard InChI is InChI=1S/3C5H10O2.ClH/c3*1-4(2)3-5(6)7;/h3*4H,3H2,1-2H3,(H,6,7);1H. The Morgan fingerprint density at radius 2 is 0.727 bits per heavy atom. The van der Waals surface area contributed by atoms with Gasteiger partial charge in [-0.15, -0.1) is 12.4 Å². The monoisotopic (exact) mass is 342 g/mol. The smallest absolute Gasteiger partial charge is 0.303 e. The highest BCUT2D eigenvalue weighted by atomic mass is 35.5. The first-order chi connectivity index (χ1) is 9.38. The lowest BCUT2D eigenvalue weighted by atomic mass is 10.1. The second-order valence-corrected chi connectivity index (χ2v) is 5.98. The normalized spacial score (nSPS) is 9.14. The number of carboxylic acid groups (broad SMARTS) is 3. The molecule has 0 aliphatic rings. The molecule has 0 aliphatic carbocycles. The van der Waals surface area contributed by atoms with Gasteiger partial charge in [-0.1, -0.05) is 41.5 Å². The molecule has 0 bridgehead atoms. The van der Waals surface area contributed by atoms with Gasteiger partial charge in [0, 0.05) is 19.3 Å². The van der Waals surface area contributed by atoms with Crippen LogP contribution in [0.1, 0.15) is 60.8 Å². The summed E-state index contributed by atoms with van der Waals surface area (Å²) in [6.07, 6.45) is 0.833. The van der Waals surface area contributed by atoms with Crippen LogP contribution in [0.3, 0.4) is 0 Å². The number of carboxylic acids is 3.